The summed E-state index contributed by atoms with van der Waals surface area (Å²) >= 11 is 15.5. The smallest absolute Gasteiger partial charge is 0.344 e. The Morgan fingerprint density at radius 2 is 1.70 bits per heavy atom. The van der Waals surface area contributed by atoms with Gasteiger partial charge in [-0.3, -0.25) is 9.59 Å². The zero-order valence-electron chi connectivity index (χ0n) is 24.3. The number of hydrogen-bond donors (Lipinski definition) is 2. The molecule has 0 aliphatic heterocycles. The van der Waals surface area contributed by atoms with Crippen molar-refractivity contribution >= 4 is 63.1 Å². The van der Waals surface area contributed by atoms with Crippen LogP contribution < -0.4 is 25.0 Å². The molecule has 0 bridgehead atoms. The van der Waals surface area contributed by atoms with E-state index in [9.17, 15) is 14.4 Å². The average Bonchev–Trinajstić information content (AvgIpc) is 2.98. The molecule has 0 heterocycles. The first-order valence-electron chi connectivity index (χ1n) is 13.6. The van der Waals surface area contributed by atoms with Crippen molar-refractivity contribution in [3.05, 3.63) is 86.3 Å². The average molecular weight is 709 g/mol. The lowest BCUT2D eigenvalue weighted by atomic mass is 10.1. The van der Waals surface area contributed by atoms with Crippen LogP contribution in [0.4, 0.5) is 0 Å². The number of nitrogens with one attached hydrogen (secondary N) is 2. The van der Waals surface area contributed by atoms with E-state index in [4.69, 9.17) is 42.1 Å². The molecule has 0 saturated heterocycles. The Balaban J connectivity index is 1.72. The van der Waals surface area contributed by atoms with Crippen LogP contribution in [0.15, 0.2) is 70.2 Å². The molecular weight excluding hydrogens is 677 g/mol. The molecule has 0 radical (unpaired) electrons. The number of hydrazone groups is 1. The molecule has 2 atom stereocenters. The van der Waals surface area contributed by atoms with Gasteiger partial charge in [-0.1, -0.05) is 53.5 Å². The molecule has 234 valence electrons. The standard InChI is InChI=1S/C31H32BrCl2N3O7/c1-4-41-27-15-21(13-23(32)29(27)43-18-28(38)42-5-2)17-35-37-31(40)25(14-20-9-7-6-8-10-20)36-30(39)19(3)44-26-12-11-22(33)16-24(26)34/h6-13,15-17,19,25H,4-5,14,18H2,1-3H3,(H,36,39)(H,37,40)/b35-17-/t19-,25+/m0/s1. The summed E-state index contributed by atoms with van der Waals surface area (Å²) in [6, 6.07) is 16.3. The fourth-order valence-electron chi connectivity index (χ4n) is 3.81. The van der Waals surface area contributed by atoms with E-state index in [1.807, 2.05) is 30.3 Å². The van der Waals surface area contributed by atoms with Crippen LogP contribution in [0.5, 0.6) is 17.2 Å². The highest BCUT2D eigenvalue weighted by atomic mass is 79.9. The van der Waals surface area contributed by atoms with Crippen molar-refractivity contribution < 1.29 is 33.3 Å². The van der Waals surface area contributed by atoms with Gasteiger partial charge in [0.25, 0.3) is 11.8 Å². The summed E-state index contributed by atoms with van der Waals surface area (Å²) in [7, 11) is 0. The fraction of sp³-hybridized carbons (Fsp3) is 0.290. The van der Waals surface area contributed by atoms with Gasteiger partial charge in [0.2, 0.25) is 0 Å². The molecule has 0 aromatic heterocycles. The van der Waals surface area contributed by atoms with Crippen LogP contribution in [0.2, 0.25) is 10.0 Å². The molecule has 13 heteroatoms. The Morgan fingerprint density at radius 1 is 0.955 bits per heavy atom. The third-order valence-electron chi connectivity index (χ3n) is 5.84. The topological polar surface area (TPSA) is 125 Å². The van der Waals surface area contributed by atoms with Crippen LogP contribution >= 0.6 is 39.1 Å². The fourth-order valence-corrected chi connectivity index (χ4v) is 4.84. The predicted octanol–water partition coefficient (Wildman–Crippen LogP) is 5.74. The number of hydrogen-bond acceptors (Lipinski definition) is 8. The molecular formula is C31H32BrCl2N3O7. The first-order valence-corrected chi connectivity index (χ1v) is 15.2. The molecule has 0 spiro atoms. The van der Waals surface area contributed by atoms with Gasteiger partial charge in [0.05, 0.1) is 28.9 Å². The summed E-state index contributed by atoms with van der Waals surface area (Å²) in [4.78, 5) is 38.0. The molecule has 3 aromatic rings. The summed E-state index contributed by atoms with van der Waals surface area (Å²) in [5.74, 6) is -0.622. The highest BCUT2D eigenvalue weighted by Crippen LogP contribution is 2.36. The first kappa shape index (κ1) is 34.7. The van der Waals surface area contributed by atoms with Crippen LogP contribution in [0, 0.1) is 0 Å². The third-order valence-corrected chi connectivity index (χ3v) is 6.96. The molecule has 0 saturated carbocycles. The Morgan fingerprint density at radius 3 is 2.39 bits per heavy atom. The Hall–Kier alpha value is -3.80. The van der Waals surface area contributed by atoms with Gasteiger partial charge in [0.1, 0.15) is 11.8 Å². The molecule has 44 heavy (non-hydrogen) atoms. The zero-order chi connectivity index (χ0) is 32.1. The van der Waals surface area contributed by atoms with Crippen LogP contribution in [-0.2, 0) is 25.5 Å². The van der Waals surface area contributed by atoms with E-state index in [1.165, 1.54) is 12.3 Å². The predicted molar refractivity (Wildman–Crippen MR) is 172 cm³/mol. The summed E-state index contributed by atoms with van der Waals surface area (Å²) in [6.07, 6.45) is 0.646. The number of halogens is 3. The van der Waals surface area contributed by atoms with Crippen LogP contribution in [0.3, 0.4) is 0 Å². The van der Waals surface area contributed by atoms with E-state index in [2.05, 4.69) is 31.8 Å². The molecule has 3 aromatic carbocycles. The first-order chi connectivity index (χ1) is 21.1. The van der Waals surface area contributed by atoms with Crippen LogP contribution in [0.25, 0.3) is 0 Å². The van der Waals surface area contributed by atoms with Crippen LogP contribution in [0.1, 0.15) is 31.9 Å². The van der Waals surface area contributed by atoms with Gasteiger partial charge in [-0.05, 0) is 78.2 Å². The molecule has 3 rings (SSSR count). The Bertz CT molecular complexity index is 1470. The molecule has 0 aliphatic rings. The molecule has 2 N–H and O–H groups in total. The number of carbonyl (C=O) groups excluding carboxylic acids is 3. The number of carbonyl (C=O) groups is 3. The van der Waals surface area contributed by atoms with Crippen molar-refractivity contribution in [3.63, 3.8) is 0 Å². The monoisotopic (exact) mass is 707 g/mol. The highest BCUT2D eigenvalue weighted by Gasteiger charge is 2.25. The zero-order valence-corrected chi connectivity index (χ0v) is 27.4. The molecule has 0 fully saturated rings. The van der Waals surface area contributed by atoms with Gasteiger partial charge in [-0.15, -0.1) is 0 Å². The largest absolute Gasteiger partial charge is 0.490 e. The van der Waals surface area contributed by atoms with Crippen molar-refractivity contribution in [1.82, 2.24) is 10.7 Å². The lowest BCUT2D eigenvalue weighted by molar-refractivity contribution is -0.145. The minimum atomic E-state index is -0.974. The second-order valence-corrected chi connectivity index (χ2v) is 10.9. The second-order valence-electron chi connectivity index (χ2n) is 9.18. The van der Waals surface area contributed by atoms with Gasteiger partial charge in [0.15, 0.2) is 24.2 Å². The Labute approximate surface area is 274 Å². The number of benzene rings is 3. The highest BCUT2D eigenvalue weighted by molar-refractivity contribution is 9.10. The minimum absolute atomic E-state index is 0.203. The minimum Gasteiger partial charge on any atom is -0.490 e. The van der Waals surface area contributed by atoms with E-state index in [0.29, 0.717) is 33.2 Å². The van der Waals surface area contributed by atoms with E-state index in [1.54, 1.807) is 45.0 Å². The number of amides is 2. The maximum absolute atomic E-state index is 13.2. The van der Waals surface area contributed by atoms with Gasteiger partial charge in [-0.25, -0.2) is 10.2 Å². The van der Waals surface area contributed by atoms with E-state index in [-0.39, 0.29) is 30.4 Å². The quantitative estimate of drug-likeness (QED) is 0.117. The SMILES string of the molecule is CCOC(=O)COc1c(Br)cc(/C=N\NC(=O)[C@@H](Cc2ccccc2)NC(=O)[C@H](C)Oc2ccc(Cl)cc2Cl)cc1OCC. The summed E-state index contributed by atoms with van der Waals surface area (Å²) in [5, 5.41) is 7.51. The number of ether oxygens (including phenoxy) is 4. The molecule has 2 amide bonds. The number of nitrogens with zero attached hydrogens (tertiary/aromatic N) is 1. The second kappa shape index (κ2) is 17.5. The van der Waals surface area contributed by atoms with Crippen molar-refractivity contribution in [1.29, 1.82) is 0 Å². The van der Waals surface area contributed by atoms with Gasteiger partial charge < -0.3 is 24.3 Å². The van der Waals surface area contributed by atoms with Crippen molar-refractivity contribution in [2.45, 2.75) is 39.3 Å². The van der Waals surface area contributed by atoms with E-state index in [0.717, 1.165) is 5.56 Å². The molecule has 0 aliphatic carbocycles. The van der Waals surface area contributed by atoms with Crippen LogP contribution in [-0.4, -0.2) is 56.0 Å². The summed E-state index contributed by atoms with van der Waals surface area (Å²) in [5.41, 5.74) is 3.88. The van der Waals surface area contributed by atoms with Crippen molar-refractivity contribution in [3.8, 4) is 17.2 Å². The summed E-state index contributed by atoms with van der Waals surface area (Å²) < 4.78 is 22.4. The number of esters is 1. The van der Waals surface area contributed by atoms with Gasteiger partial charge >= 0.3 is 5.97 Å². The lowest BCUT2D eigenvalue weighted by Crippen LogP contribution is -2.50. The maximum Gasteiger partial charge on any atom is 0.344 e. The normalized spacial score (nSPS) is 12.2. The summed E-state index contributed by atoms with van der Waals surface area (Å²) in [6.45, 7) is 5.35. The Kier molecular flexibility index (Phi) is 13.8. The van der Waals surface area contributed by atoms with E-state index >= 15 is 0 Å². The van der Waals surface area contributed by atoms with E-state index < -0.39 is 29.9 Å². The lowest BCUT2D eigenvalue weighted by Gasteiger charge is -2.21. The van der Waals surface area contributed by atoms with Gasteiger partial charge in [-0.2, -0.15) is 5.10 Å². The molecule has 10 nitrogen and oxygen atoms in total. The third kappa shape index (κ3) is 10.7. The van der Waals surface area contributed by atoms with Gasteiger partial charge in [0, 0.05) is 11.4 Å². The number of rotatable bonds is 15. The molecule has 0 unspecified atom stereocenters. The maximum atomic E-state index is 13.2. The van der Waals surface area contributed by atoms with Crippen molar-refractivity contribution in [2.24, 2.45) is 5.10 Å². The van der Waals surface area contributed by atoms with Crippen molar-refractivity contribution in [2.75, 3.05) is 19.8 Å².